The van der Waals surface area contributed by atoms with Crippen molar-refractivity contribution in [1.29, 1.82) is 0 Å². The van der Waals surface area contributed by atoms with Gasteiger partial charge in [0.05, 0.1) is 21.9 Å². The number of aliphatic hydroxyl groups is 2. The van der Waals surface area contributed by atoms with Gasteiger partial charge in [0.25, 0.3) is 5.91 Å². The van der Waals surface area contributed by atoms with Crippen molar-refractivity contribution in [3.63, 3.8) is 0 Å². The highest BCUT2D eigenvalue weighted by molar-refractivity contribution is 7.89. The van der Waals surface area contributed by atoms with E-state index < -0.39 is 96.5 Å². The molecular formula is C64H82Cl2F4N6O9S2. The fraction of sp³-hybridized carbons (Fsp3) is 0.594. The highest BCUT2D eigenvalue weighted by Crippen LogP contribution is 2.60. The third kappa shape index (κ3) is 14.7. The Labute approximate surface area is 519 Å². The minimum atomic E-state index is -4.23. The van der Waals surface area contributed by atoms with Crippen molar-refractivity contribution in [2.45, 2.75) is 187 Å². The Morgan fingerprint density at radius 1 is 0.494 bits per heavy atom. The largest absolute Gasteiger partial charge is 0.479 e. The lowest BCUT2D eigenvalue weighted by Crippen LogP contribution is -2.57. The lowest BCUT2D eigenvalue weighted by molar-refractivity contribution is -0.153. The summed E-state index contributed by atoms with van der Waals surface area (Å²) in [4.78, 5) is 32.3. The molecule has 6 atom stereocenters. The third-order valence-corrected chi connectivity index (χ3v) is 24.3. The second-order valence-corrected chi connectivity index (χ2v) is 29.8. The van der Waals surface area contributed by atoms with Crippen molar-refractivity contribution in [3.05, 3.63) is 129 Å². The van der Waals surface area contributed by atoms with E-state index in [0.717, 1.165) is 54.5 Å². The Morgan fingerprint density at radius 3 is 1.23 bits per heavy atom. The van der Waals surface area contributed by atoms with Crippen LogP contribution in [0.5, 0.6) is 0 Å². The molecule has 23 heteroatoms. The zero-order valence-corrected chi connectivity index (χ0v) is 52.3. The van der Waals surface area contributed by atoms with Gasteiger partial charge in [-0.25, -0.2) is 39.2 Å². The van der Waals surface area contributed by atoms with Crippen LogP contribution < -0.4 is 5.32 Å². The molecule has 6 heterocycles. The number of hydrogen-bond donors (Lipinski definition) is 4. The summed E-state index contributed by atoms with van der Waals surface area (Å²) in [5, 5.41) is 35.7. The molecule has 2 unspecified atom stereocenters. The van der Waals surface area contributed by atoms with Gasteiger partial charge in [-0.1, -0.05) is 36.0 Å². The van der Waals surface area contributed by atoms with Gasteiger partial charge in [0, 0.05) is 70.3 Å². The summed E-state index contributed by atoms with van der Waals surface area (Å²) in [6.45, 7) is 8.53. The number of rotatable bonds is 14. The number of nitrogens with one attached hydrogen (secondary N) is 1. The van der Waals surface area contributed by atoms with E-state index in [1.54, 1.807) is 4.90 Å². The number of aliphatic hydroxyl groups excluding tert-OH is 2. The zero-order valence-electron chi connectivity index (χ0n) is 49.1. The molecule has 6 aliphatic heterocycles. The first-order valence-electron chi connectivity index (χ1n) is 31.2. The van der Waals surface area contributed by atoms with E-state index in [4.69, 9.17) is 23.2 Å². The van der Waals surface area contributed by atoms with Gasteiger partial charge in [0.15, 0.2) is 6.10 Å². The number of likely N-dealkylation sites (tertiary alicyclic amines) is 3. The molecule has 0 spiro atoms. The highest BCUT2D eigenvalue weighted by atomic mass is 35.5. The monoisotopic (exact) mass is 1290 g/mol. The molecule has 2 aliphatic carbocycles. The number of nitrogens with zero attached hydrogens (tertiary/aromatic N) is 5. The van der Waals surface area contributed by atoms with Crippen molar-refractivity contribution >= 4 is 55.1 Å². The molecule has 4 N–H and O–H groups in total. The lowest BCUT2D eigenvalue weighted by atomic mass is 9.81. The Bertz CT molecular complexity index is 3200. The Balaban J connectivity index is 0.000000166. The molecule has 15 nitrogen and oxygen atoms in total. The van der Waals surface area contributed by atoms with E-state index in [9.17, 15) is 59.3 Å². The van der Waals surface area contributed by atoms with E-state index in [0.29, 0.717) is 99.5 Å². The van der Waals surface area contributed by atoms with E-state index in [-0.39, 0.29) is 26.8 Å². The first-order chi connectivity index (χ1) is 41.6. The summed E-state index contributed by atoms with van der Waals surface area (Å²) in [5.41, 5.74) is -1.76. The van der Waals surface area contributed by atoms with Gasteiger partial charge in [0.1, 0.15) is 29.4 Å². The van der Waals surface area contributed by atoms with E-state index in [1.165, 1.54) is 143 Å². The van der Waals surface area contributed by atoms with Gasteiger partial charge >= 0.3 is 5.97 Å². The summed E-state index contributed by atoms with van der Waals surface area (Å²) >= 11 is 12.0. The number of benzene rings is 4. The molecule has 0 bridgehead atoms. The number of carbonyl (C=O) groups excluding carboxylic acids is 1. The molecule has 8 aliphatic rings. The standard InChI is InChI=1S/C32H40ClF2N3O4S.C22H22ClF2NO5S.C10H20N2/c33-23-7-9-27(10-8-23)43(41,42)38-28(22-19-24(34)21-25(35)20-22)5-4-6-29(38)32(13-14-32)30(39)31(40)37-17-11-26(12-18-37)36-15-2-1-3-16-36;23-14-4-6-17(7-5-14)32(30,31)26-18(13-10-15(24)12-16(25)11-13)2-1-3-19(26)22(8-9-22)20(27)21(28)29;1-2-8-12(9-3-1)10-4-6-11-7-5-10/h7-10,19-21,26,28-30,39H,1-6,11-18H2;4-7,10-12,18-20,27H,1-3,8-9H2,(H,28,29);10-11H,1-9H2/t28-,29+,30?;18-,19+,20?;/m11./s1. The van der Waals surface area contributed by atoms with Crippen molar-refractivity contribution in [3.8, 4) is 0 Å². The van der Waals surface area contributed by atoms with Crippen LogP contribution in [0.1, 0.15) is 152 Å². The summed E-state index contributed by atoms with van der Waals surface area (Å²) in [6.07, 6.45) is 13.5. The smallest absolute Gasteiger partial charge is 0.333 e. The molecular weight excluding hydrogens is 1210 g/mol. The Kier molecular flexibility index (Phi) is 21.2. The van der Waals surface area contributed by atoms with Gasteiger partial charge in [0.2, 0.25) is 20.0 Å². The van der Waals surface area contributed by atoms with Crippen LogP contribution in [0.4, 0.5) is 17.6 Å². The van der Waals surface area contributed by atoms with E-state index >= 15 is 0 Å². The number of carboxylic acid groups (broad SMARTS) is 1. The average Bonchev–Trinajstić information content (AvgIpc) is 1.64. The van der Waals surface area contributed by atoms with Gasteiger partial charge in [-0.15, -0.1) is 0 Å². The molecule has 0 radical (unpaired) electrons. The quantitative estimate of drug-likeness (QED) is 0.0875. The molecule has 8 fully saturated rings. The van der Waals surface area contributed by atoms with Crippen molar-refractivity contribution in [2.75, 3.05) is 52.4 Å². The minimum absolute atomic E-state index is 0.00192. The van der Waals surface area contributed by atoms with Crippen LogP contribution in [0.15, 0.2) is 94.7 Å². The molecule has 87 heavy (non-hydrogen) atoms. The number of carbonyl (C=O) groups is 2. The molecule has 2 saturated carbocycles. The summed E-state index contributed by atoms with van der Waals surface area (Å²) < 4.78 is 116. The topological polar surface area (TPSA) is 191 Å². The van der Waals surface area contributed by atoms with Crippen LogP contribution in [-0.2, 0) is 29.6 Å². The molecule has 0 aromatic heterocycles. The van der Waals surface area contributed by atoms with Crippen molar-refractivity contribution in [2.24, 2.45) is 10.8 Å². The van der Waals surface area contributed by atoms with Crippen LogP contribution >= 0.6 is 23.2 Å². The first-order valence-corrected chi connectivity index (χ1v) is 34.8. The molecule has 4 aromatic carbocycles. The molecule has 1 amide bonds. The molecule has 476 valence electrons. The number of halogens is 6. The number of amides is 1. The van der Waals surface area contributed by atoms with Crippen molar-refractivity contribution in [1.82, 2.24) is 28.6 Å². The van der Waals surface area contributed by atoms with E-state index in [2.05, 4.69) is 15.1 Å². The fourth-order valence-electron chi connectivity index (χ4n) is 15.0. The van der Waals surface area contributed by atoms with Gasteiger partial charge in [-0.05, 0) is 239 Å². The maximum atomic E-state index is 14.4. The number of piperidine rings is 6. The average molecular weight is 1290 g/mol. The van der Waals surface area contributed by atoms with Gasteiger partial charge < -0.3 is 35.3 Å². The Hall–Kier alpha value is -4.26. The lowest BCUT2D eigenvalue weighted by Gasteiger charge is -2.47. The predicted octanol–water partition coefficient (Wildman–Crippen LogP) is 10.9. The SMILES string of the molecule is C1CCN(C2CCNCC2)CC1.O=C(C(O)C1([C@@H]2CCC[C@H](c3cc(F)cc(F)c3)N2S(=O)(=O)c2ccc(Cl)cc2)CC1)N1CCC(N2CCCCC2)CC1.O=C(O)C(O)C1([C@@H]2CCC[C@H](c3cc(F)cc(F)c3)N2S(=O)(=O)c2ccc(Cl)cc2)CC1. The Morgan fingerprint density at radius 2 is 0.862 bits per heavy atom. The first kappa shape index (κ1) is 65.7. The second kappa shape index (κ2) is 28.1. The maximum Gasteiger partial charge on any atom is 0.333 e. The minimum Gasteiger partial charge on any atom is -0.479 e. The van der Waals surface area contributed by atoms with Crippen LogP contribution in [-0.4, -0.2) is 156 Å². The molecule has 12 rings (SSSR count). The summed E-state index contributed by atoms with van der Waals surface area (Å²) in [6, 6.07) is 15.3. The van der Waals surface area contributed by atoms with Gasteiger partial charge in [-0.3, -0.25) is 4.79 Å². The molecule has 6 saturated heterocycles. The zero-order chi connectivity index (χ0) is 61.8. The normalized spacial score (nSPS) is 25.9. The third-order valence-electron chi connectivity index (χ3n) is 19.9. The molecule has 4 aromatic rings. The summed E-state index contributed by atoms with van der Waals surface area (Å²) in [7, 11) is -8.44. The number of sulfonamides is 2. The number of hydrogen-bond acceptors (Lipinski definition) is 11. The number of aliphatic carboxylic acids is 1. The predicted molar refractivity (Wildman–Crippen MR) is 324 cm³/mol. The van der Waals surface area contributed by atoms with E-state index in [1.807, 2.05) is 0 Å². The van der Waals surface area contributed by atoms with Crippen molar-refractivity contribution < 1.29 is 59.3 Å². The fourth-order valence-corrected chi connectivity index (χ4v) is 19.2. The van der Waals surface area contributed by atoms with Crippen LogP contribution in [0.3, 0.4) is 0 Å². The van der Waals surface area contributed by atoms with Crippen LogP contribution in [0.25, 0.3) is 0 Å². The van der Waals surface area contributed by atoms with Gasteiger partial charge in [-0.2, -0.15) is 8.61 Å². The van der Waals surface area contributed by atoms with Crippen LogP contribution in [0, 0.1) is 34.1 Å². The second-order valence-electron chi connectivity index (χ2n) is 25.2. The maximum absolute atomic E-state index is 14.4. The summed E-state index contributed by atoms with van der Waals surface area (Å²) in [5.74, 6) is -5.02. The number of carboxylic acids is 1. The van der Waals surface area contributed by atoms with Crippen LogP contribution in [0.2, 0.25) is 10.0 Å². The highest BCUT2D eigenvalue weighted by Gasteiger charge is 2.64.